The van der Waals surface area contributed by atoms with Gasteiger partial charge < -0.3 is 19.5 Å². The van der Waals surface area contributed by atoms with Crippen LogP contribution in [0, 0.1) is 5.41 Å². The van der Waals surface area contributed by atoms with Crippen molar-refractivity contribution < 1.29 is 23.8 Å². The summed E-state index contributed by atoms with van der Waals surface area (Å²) in [6.07, 6.45) is 0.480. The molecule has 0 bridgehead atoms. The van der Waals surface area contributed by atoms with E-state index in [0.29, 0.717) is 16.7 Å². The van der Waals surface area contributed by atoms with E-state index < -0.39 is 17.5 Å². The van der Waals surface area contributed by atoms with Gasteiger partial charge in [0.2, 0.25) is 0 Å². The smallest absolute Gasteiger partial charge is 0.407 e. The van der Waals surface area contributed by atoms with E-state index in [1.165, 1.54) is 62.8 Å². The third-order valence-electron chi connectivity index (χ3n) is 11.3. The van der Waals surface area contributed by atoms with Gasteiger partial charge in [-0.25, -0.2) is 14.6 Å². The van der Waals surface area contributed by atoms with E-state index in [-0.39, 0.29) is 26.4 Å². The van der Waals surface area contributed by atoms with Gasteiger partial charge in [-0.1, -0.05) is 133 Å². The van der Waals surface area contributed by atoms with Crippen molar-refractivity contribution in [1.82, 2.24) is 10.3 Å². The Labute approximate surface area is 402 Å². The number of para-hydroxylation sites is 1. The topological polar surface area (TPSA) is 86.8 Å². The second-order valence-corrected chi connectivity index (χ2v) is 20.9. The highest BCUT2D eigenvalue weighted by Gasteiger charge is 2.35. The largest absolute Gasteiger partial charge is 0.469 e. The van der Waals surface area contributed by atoms with Gasteiger partial charge in [-0.3, -0.25) is 0 Å². The number of carbonyl (C=O) groups is 2. The molecule has 3 aromatic heterocycles. The fourth-order valence-electron chi connectivity index (χ4n) is 7.98. The van der Waals surface area contributed by atoms with E-state index >= 15 is 0 Å². The quantitative estimate of drug-likeness (QED) is 0.0418. The lowest BCUT2D eigenvalue weighted by Gasteiger charge is -2.32. The highest BCUT2D eigenvalue weighted by Crippen LogP contribution is 2.45. The maximum absolute atomic E-state index is 13.4. The number of amides is 1. The number of nitrogens with one attached hydrogen (secondary N) is 1. The number of aromatic nitrogens is 1. The normalized spacial score (nSPS) is 12.4. The minimum atomic E-state index is -0.724. The molecular formula is C54H42N2O5S5. The lowest BCUT2D eigenvalue weighted by Crippen LogP contribution is -2.41. The molecule has 7 nitrogen and oxygen atoms in total. The molecule has 0 aliphatic heterocycles. The zero-order valence-corrected chi connectivity index (χ0v) is 39.7. The molecule has 0 radical (unpaired) electrons. The number of hydrogen-bond acceptors (Lipinski definition) is 11. The van der Waals surface area contributed by atoms with Crippen LogP contribution in [-0.4, -0.2) is 54.9 Å². The average molecular weight is 959 g/mol. The van der Waals surface area contributed by atoms with Crippen molar-refractivity contribution in [2.24, 2.45) is 5.41 Å². The second kappa shape index (κ2) is 19.8. The van der Waals surface area contributed by atoms with Crippen molar-refractivity contribution >= 4 is 120 Å². The molecular weight excluding hydrogens is 917 g/mol. The minimum Gasteiger partial charge on any atom is -0.469 e. The van der Waals surface area contributed by atoms with Gasteiger partial charge >= 0.3 is 12.1 Å². The number of thiazole rings is 1. The van der Waals surface area contributed by atoms with Gasteiger partial charge in [0.25, 0.3) is 5.19 Å². The first-order valence-corrected chi connectivity index (χ1v) is 25.8. The van der Waals surface area contributed by atoms with Crippen LogP contribution in [0.25, 0.3) is 72.8 Å². The standard InChI is InChI=1S/C54H42N2O5S5/c1-2-49(57)59-29-28-55-52(58)60-31-54(32-61-53-56-44-23-6-10-27-48(44)66-53,33-62-36-15-11-14-35(30-36)37-19-12-20-42-39-17-4-8-25-46(39)64-50(37)42)34-63-45-24-7-3-16-38(45)41-21-13-22-43-40-18-5-9-26-47(40)65-51(41)43/h2-27,30H,1,28-29,31-34H2,(H,55,58). The lowest BCUT2D eigenvalue weighted by atomic mass is 9.95. The van der Waals surface area contributed by atoms with Crippen LogP contribution < -0.4 is 10.1 Å². The van der Waals surface area contributed by atoms with Crippen LogP contribution in [0.2, 0.25) is 0 Å². The summed E-state index contributed by atoms with van der Waals surface area (Å²) in [4.78, 5) is 32.1. The molecule has 1 atom stereocenters. The number of ether oxygens (including phenoxy) is 3. The van der Waals surface area contributed by atoms with Gasteiger partial charge in [0, 0.05) is 73.3 Å². The number of nitrogens with zero attached hydrogens (tertiary/aromatic N) is 1. The number of carbonyl (C=O) groups excluding carboxylic acids is 2. The van der Waals surface area contributed by atoms with E-state index in [4.69, 9.17) is 19.2 Å². The number of thiophene rings is 2. The molecule has 0 spiro atoms. The van der Waals surface area contributed by atoms with Gasteiger partial charge in [-0.15, -0.1) is 46.2 Å². The molecule has 1 unspecified atom stereocenters. The zero-order chi connectivity index (χ0) is 44.9. The van der Waals surface area contributed by atoms with Gasteiger partial charge in [0.15, 0.2) is 0 Å². The van der Waals surface area contributed by atoms with E-state index in [9.17, 15) is 9.59 Å². The number of thioether (sulfide) groups is 2. The zero-order valence-electron chi connectivity index (χ0n) is 35.6. The van der Waals surface area contributed by atoms with Crippen molar-refractivity contribution in [2.45, 2.75) is 9.79 Å². The molecule has 3 heterocycles. The summed E-state index contributed by atoms with van der Waals surface area (Å²) in [6.45, 7) is 3.80. The van der Waals surface area contributed by atoms with E-state index in [2.05, 4.69) is 145 Å². The van der Waals surface area contributed by atoms with Gasteiger partial charge in [0.05, 0.1) is 22.2 Å². The van der Waals surface area contributed by atoms with Crippen LogP contribution in [0.15, 0.2) is 180 Å². The number of esters is 1. The van der Waals surface area contributed by atoms with Gasteiger partial charge in [0.1, 0.15) is 19.8 Å². The first-order chi connectivity index (χ1) is 32.4. The SMILES string of the molecule is C=CC(=O)OCCNC(=O)OCC(COc1nc2ccccc2s1)(CSc1cccc(-c2cccc3c2sc2ccccc23)c1)CSc1ccccc1-c1cccc2c1sc1ccccc12. The van der Waals surface area contributed by atoms with Crippen molar-refractivity contribution in [3.63, 3.8) is 0 Å². The maximum atomic E-state index is 13.4. The molecule has 0 saturated carbocycles. The minimum absolute atomic E-state index is 0.00753. The Hall–Kier alpha value is -6.15. The highest BCUT2D eigenvalue weighted by atomic mass is 32.2. The molecule has 1 amide bonds. The van der Waals surface area contributed by atoms with Crippen LogP contribution in [0.4, 0.5) is 4.79 Å². The van der Waals surface area contributed by atoms with Crippen LogP contribution in [0.5, 0.6) is 5.19 Å². The Morgan fingerprint density at radius 3 is 2.00 bits per heavy atom. The molecule has 7 aromatic carbocycles. The van der Waals surface area contributed by atoms with Crippen LogP contribution in [-0.2, 0) is 14.3 Å². The lowest BCUT2D eigenvalue weighted by molar-refractivity contribution is -0.137. The molecule has 0 aliphatic rings. The second-order valence-electron chi connectivity index (χ2n) is 15.8. The predicted octanol–water partition coefficient (Wildman–Crippen LogP) is 14.8. The summed E-state index contributed by atoms with van der Waals surface area (Å²) in [6, 6.07) is 55.5. The van der Waals surface area contributed by atoms with Crippen molar-refractivity contribution in [3.05, 3.63) is 170 Å². The molecule has 328 valence electrons. The molecule has 0 fully saturated rings. The molecule has 66 heavy (non-hydrogen) atoms. The Morgan fingerprint density at radius 2 is 1.24 bits per heavy atom. The van der Waals surface area contributed by atoms with Crippen LogP contribution in [0.1, 0.15) is 0 Å². The fraction of sp³-hybridized carbons (Fsp3) is 0.130. The summed E-state index contributed by atoms with van der Waals surface area (Å²) in [7, 11) is 0. The number of rotatable bonds is 17. The van der Waals surface area contributed by atoms with Crippen LogP contribution >= 0.6 is 57.5 Å². The summed E-state index contributed by atoms with van der Waals surface area (Å²) < 4.78 is 24.0. The Balaban J connectivity index is 0.989. The van der Waals surface area contributed by atoms with E-state index in [1.807, 2.05) is 46.9 Å². The number of alkyl carbamates (subject to hydrolysis) is 1. The summed E-state index contributed by atoms with van der Waals surface area (Å²) >= 11 is 8.60. The Bertz CT molecular complexity index is 3360. The van der Waals surface area contributed by atoms with Crippen LogP contribution in [0.3, 0.4) is 0 Å². The number of fused-ring (bicyclic) bond motifs is 7. The number of hydrogen-bond donors (Lipinski definition) is 1. The van der Waals surface area contributed by atoms with E-state index in [1.54, 1.807) is 23.5 Å². The predicted molar refractivity (Wildman–Crippen MR) is 279 cm³/mol. The maximum Gasteiger partial charge on any atom is 0.407 e. The van der Waals surface area contributed by atoms with Gasteiger partial charge in [-0.2, -0.15) is 0 Å². The first-order valence-electron chi connectivity index (χ1n) is 21.4. The summed E-state index contributed by atoms with van der Waals surface area (Å²) in [5.74, 6) is 0.549. The fourth-order valence-corrected chi connectivity index (χ4v) is 13.8. The number of benzene rings is 7. The Kier molecular flexibility index (Phi) is 13.1. The van der Waals surface area contributed by atoms with Crippen molar-refractivity contribution in [1.29, 1.82) is 0 Å². The molecule has 0 aliphatic carbocycles. The first kappa shape index (κ1) is 43.7. The Morgan fingerprint density at radius 1 is 0.621 bits per heavy atom. The molecule has 0 saturated heterocycles. The monoisotopic (exact) mass is 958 g/mol. The summed E-state index contributed by atoms with van der Waals surface area (Å²) in [5, 5.41) is 8.33. The molecule has 10 rings (SSSR count). The van der Waals surface area contributed by atoms with Crippen molar-refractivity contribution in [3.8, 4) is 27.4 Å². The average Bonchev–Trinajstić information content (AvgIpc) is 4.08. The van der Waals surface area contributed by atoms with Gasteiger partial charge in [-0.05, 0) is 59.2 Å². The van der Waals surface area contributed by atoms with Crippen molar-refractivity contribution in [2.75, 3.05) is 37.9 Å². The third-order valence-corrected chi connectivity index (χ3v) is 17.4. The highest BCUT2D eigenvalue weighted by molar-refractivity contribution is 8.00. The molecule has 10 aromatic rings. The molecule has 12 heteroatoms. The summed E-state index contributed by atoms with van der Waals surface area (Å²) in [5.41, 5.74) is 4.80. The van der Waals surface area contributed by atoms with E-state index in [0.717, 1.165) is 37.2 Å². The molecule has 1 N–H and O–H groups in total. The third kappa shape index (κ3) is 9.42.